The number of carbonyl (C=O) groups excluding carboxylic acids is 2. The van der Waals surface area contributed by atoms with Crippen LogP contribution in [0.3, 0.4) is 0 Å². The largest absolute Gasteiger partial charge is 0.507 e. The number of hydrogen-bond donors (Lipinski definition) is 1. The number of aliphatic hydroxyl groups is 1. The number of nitrogens with zero attached hydrogens (tertiary/aromatic N) is 2. The van der Waals surface area contributed by atoms with E-state index in [1.54, 1.807) is 37.4 Å². The number of carbonyl (C=O) groups is 2. The van der Waals surface area contributed by atoms with Crippen LogP contribution in [0.1, 0.15) is 49.4 Å². The average molecular weight is 511 g/mol. The summed E-state index contributed by atoms with van der Waals surface area (Å²) in [6.07, 6.45) is 1.92. The minimum absolute atomic E-state index is 0.0500. The van der Waals surface area contributed by atoms with Gasteiger partial charge < -0.3 is 29.1 Å². The number of Topliss-reactive ketones (excluding diaryl/α,β-unsaturated/α-hetero) is 1. The van der Waals surface area contributed by atoms with Crippen LogP contribution in [0.15, 0.2) is 42.0 Å². The van der Waals surface area contributed by atoms with Gasteiger partial charge in [-0.15, -0.1) is 0 Å². The summed E-state index contributed by atoms with van der Waals surface area (Å²) >= 11 is 0. The normalized spacial score (nSPS) is 16.9. The fraction of sp³-hybridized carbons (Fsp3) is 0.448. The molecule has 2 aromatic carbocycles. The lowest BCUT2D eigenvalue weighted by Gasteiger charge is -2.27. The second-order valence-electron chi connectivity index (χ2n) is 9.32. The minimum atomic E-state index is -0.773. The maximum absolute atomic E-state index is 13.3. The molecule has 8 nitrogen and oxygen atoms in total. The lowest BCUT2D eigenvalue weighted by atomic mass is 9.94. The Hall–Kier alpha value is -3.52. The van der Waals surface area contributed by atoms with Gasteiger partial charge in [-0.3, -0.25) is 9.59 Å². The minimum Gasteiger partial charge on any atom is -0.507 e. The Bertz CT molecular complexity index is 1160. The van der Waals surface area contributed by atoms with Crippen LogP contribution in [-0.4, -0.2) is 74.1 Å². The third-order valence-electron chi connectivity index (χ3n) is 6.34. The van der Waals surface area contributed by atoms with Crippen molar-refractivity contribution >= 4 is 17.4 Å². The van der Waals surface area contributed by atoms with Crippen molar-refractivity contribution in [3.63, 3.8) is 0 Å². The molecule has 8 heteroatoms. The Kier molecular flexibility index (Phi) is 9.58. The monoisotopic (exact) mass is 510 g/mol. The zero-order valence-electron chi connectivity index (χ0n) is 22.7. The number of amides is 1. The van der Waals surface area contributed by atoms with Crippen molar-refractivity contribution in [2.75, 3.05) is 47.5 Å². The van der Waals surface area contributed by atoms with Crippen LogP contribution in [0.4, 0.5) is 0 Å². The number of rotatable bonds is 12. The van der Waals surface area contributed by atoms with Gasteiger partial charge >= 0.3 is 0 Å². The lowest BCUT2D eigenvalue weighted by Crippen LogP contribution is -2.35. The first-order valence-electron chi connectivity index (χ1n) is 12.7. The fourth-order valence-corrected chi connectivity index (χ4v) is 4.33. The van der Waals surface area contributed by atoms with Gasteiger partial charge in [0.05, 0.1) is 31.9 Å². The van der Waals surface area contributed by atoms with Gasteiger partial charge in [0, 0.05) is 18.7 Å². The van der Waals surface area contributed by atoms with Crippen molar-refractivity contribution < 1.29 is 28.9 Å². The summed E-state index contributed by atoms with van der Waals surface area (Å²) in [6, 6.07) is 9.83. The molecule has 1 heterocycles. The van der Waals surface area contributed by atoms with E-state index in [1.165, 1.54) is 4.90 Å². The Labute approximate surface area is 219 Å². The number of likely N-dealkylation sites (tertiary alicyclic amines) is 1. The third-order valence-corrected chi connectivity index (χ3v) is 6.34. The summed E-state index contributed by atoms with van der Waals surface area (Å²) in [6.45, 7) is 7.81. The fourth-order valence-electron chi connectivity index (χ4n) is 4.33. The summed E-state index contributed by atoms with van der Waals surface area (Å²) in [5.41, 5.74) is 1.97. The van der Waals surface area contributed by atoms with Crippen LogP contribution < -0.4 is 14.2 Å². The molecule has 0 aliphatic carbocycles. The molecule has 0 aromatic heterocycles. The van der Waals surface area contributed by atoms with Gasteiger partial charge in [0.1, 0.15) is 11.5 Å². The molecular formula is C29H38N2O6. The zero-order valence-corrected chi connectivity index (χ0v) is 22.7. The van der Waals surface area contributed by atoms with Gasteiger partial charge in [0.2, 0.25) is 0 Å². The van der Waals surface area contributed by atoms with E-state index in [9.17, 15) is 14.7 Å². The first-order chi connectivity index (χ1) is 17.7. The van der Waals surface area contributed by atoms with Crippen molar-refractivity contribution in [2.24, 2.45) is 0 Å². The molecular weight excluding hydrogens is 472 g/mol. The number of unbranched alkanes of at least 4 members (excludes halogenated alkanes) is 1. The van der Waals surface area contributed by atoms with E-state index in [1.807, 2.05) is 38.9 Å². The van der Waals surface area contributed by atoms with E-state index in [-0.39, 0.29) is 11.3 Å². The van der Waals surface area contributed by atoms with Crippen LogP contribution in [0.5, 0.6) is 17.2 Å². The van der Waals surface area contributed by atoms with Crippen LogP contribution >= 0.6 is 0 Å². The summed E-state index contributed by atoms with van der Waals surface area (Å²) in [5, 5.41) is 11.4. The Balaban J connectivity index is 2.12. The standard InChI is InChI=1S/C29H38N2O6/c1-7-9-16-37-23-13-10-20(18-24(23)35-6)26-25(28(33)29(34)31(26)15-14-30(4)5)27(32)21-11-12-22(36-8-2)19(3)17-21/h10-13,17-18,26,32H,7-9,14-16H2,1-6H3/b27-25+. The number of aryl methyl sites for hydroxylation is 1. The molecule has 1 aliphatic rings. The second-order valence-corrected chi connectivity index (χ2v) is 9.32. The highest BCUT2D eigenvalue weighted by Gasteiger charge is 2.46. The molecule has 0 bridgehead atoms. The summed E-state index contributed by atoms with van der Waals surface area (Å²) < 4.78 is 17.1. The van der Waals surface area contributed by atoms with E-state index in [0.29, 0.717) is 54.7 Å². The molecule has 1 aliphatic heterocycles. The molecule has 1 fully saturated rings. The first-order valence-corrected chi connectivity index (χ1v) is 12.7. The summed E-state index contributed by atoms with van der Waals surface area (Å²) in [4.78, 5) is 29.9. The highest BCUT2D eigenvalue weighted by molar-refractivity contribution is 6.46. The molecule has 1 saturated heterocycles. The van der Waals surface area contributed by atoms with E-state index in [0.717, 1.165) is 18.4 Å². The van der Waals surface area contributed by atoms with Gasteiger partial charge in [-0.2, -0.15) is 0 Å². The van der Waals surface area contributed by atoms with Gasteiger partial charge in [0.25, 0.3) is 11.7 Å². The number of aliphatic hydroxyl groups excluding tert-OH is 1. The maximum atomic E-state index is 13.3. The Morgan fingerprint density at radius 3 is 2.38 bits per heavy atom. The quantitative estimate of drug-likeness (QED) is 0.194. The highest BCUT2D eigenvalue weighted by Crippen LogP contribution is 2.42. The van der Waals surface area contributed by atoms with Gasteiger partial charge in [-0.1, -0.05) is 19.4 Å². The molecule has 3 rings (SSSR count). The second kappa shape index (κ2) is 12.6. The van der Waals surface area contributed by atoms with Crippen LogP contribution in [-0.2, 0) is 9.59 Å². The highest BCUT2D eigenvalue weighted by atomic mass is 16.5. The smallest absolute Gasteiger partial charge is 0.295 e. The van der Waals surface area contributed by atoms with Crippen molar-refractivity contribution in [1.82, 2.24) is 9.80 Å². The molecule has 37 heavy (non-hydrogen) atoms. The van der Waals surface area contributed by atoms with Crippen LogP contribution in [0.25, 0.3) is 5.76 Å². The van der Waals surface area contributed by atoms with Crippen molar-refractivity contribution in [3.05, 3.63) is 58.7 Å². The SMILES string of the molecule is CCCCOc1ccc(C2/C(=C(\O)c3ccc(OCC)c(C)c3)C(=O)C(=O)N2CCN(C)C)cc1OC. The predicted molar refractivity (Wildman–Crippen MR) is 143 cm³/mol. The van der Waals surface area contributed by atoms with E-state index in [2.05, 4.69) is 6.92 Å². The number of hydrogen-bond acceptors (Lipinski definition) is 7. The number of benzene rings is 2. The molecule has 0 spiro atoms. The zero-order chi connectivity index (χ0) is 27.1. The summed E-state index contributed by atoms with van der Waals surface area (Å²) in [7, 11) is 5.36. The van der Waals surface area contributed by atoms with Crippen LogP contribution in [0.2, 0.25) is 0 Å². The Morgan fingerprint density at radius 2 is 1.76 bits per heavy atom. The number of ketones is 1. The molecule has 1 amide bonds. The van der Waals surface area contributed by atoms with E-state index < -0.39 is 17.7 Å². The van der Waals surface area contributed by atoms with E-state index in [4.69, 9.17) is 14.2 Å². The van der Waals surface area contributed by atoms with Crippen molar-refractivity contribution in [2.45, 2.75) is 39.7 Å². The first kappa shape index (κ1) is 28.1. The molecule has 2 aromatic rings. The number of methoxy groups -OCH3 is 1. The third kappa shape index (κ3) is 6.25. The Morgan fingerprint density at radius 1 is 1.03 bits per heavy atom. The van der Waals surface area contributed by atoms with Crippen molar-refractivity contribution in [3.8, 4) is 17.2 Å². The molecule has 0 radical (unpaired) electrons. The topological polar surface area (TPSA) is 88.5 Å². The number of likely N-dealkylation sites (N-methyl/N-ethyl adjacent to an activating group) is 1. The molecule has 1 unspecified atom stereocenters. The molecule has 1 atom stereocenters. The predicted octanol–water partition coefficient (Wildman–Crippen LogP) is 4.56. The molecule has 0 saturated carbocycles. The maximum Gasteiger partial charge on any atom is 0.295 e. The average Bonchev–Trinajstić information content (AvgIpc) is 3.13. The van der Waals surface area contributed by atoms with Gasteiger partial charge in [0.15, 0.2) is 11.5 Å². The number of ether oxygens (including phenoxy) is 3. The van der Waals surface area contributed by atoms with Gasteiger partial charge in [-0.05, 0) is 75.8 Å². The molecule has 200 valence electrons. The van der Waals surface area contributed by atoms with Crippen LogP contribution in [0, 0.1) is 6.92 Å². The van der Waals surface area contributed by atoms with E-state index >= 15 is 0 Å². The molecule has 1 N–H and O–H groups in total. The van der Waals surface area contributed by atoms with Crippen molar-refractivity contribution in [1.29, 1.82) is 0 Å². The van der Waals surface area contributed by atoms with Gasteiger partial charge in [-0.25, -0.2) is 0 Å². The summed E-state index contributed by atoms with van der Waals surface area (Å²) in [5.74, 6) is 0.221. The lowest BCUT2D eigenvalue weighted by molar-refractivity contribution is -0.140.